The molecular weight excluding hydrogens is 220 g/mol. The third kappa shape index (κ3) is 4.45. The molecule has 0 spiro atoms. The van der Waals surface area contributed by atoms with Crippen molar-refractivity contribution in [2.24, 2.45) is 10.9 Å². The molecule has 0 radical (unpaired) electrons. The van der Waals surface area contributed by atoms with Crippen molar-refractivity contribution in [2.75, 3.05) is 13.6 Å². The third-order valence-corrected chi connectivity index (χ3v) is 3.60. The van der Waals surface area contributed by atoms with Crippen molar-refractivity contribution in [1.29, 1.82) is 0 Å². The summed E-state index contributed by atoms with van der Waals surface area (Å²) in [5, 5.41) is 11.1. The van der Waals surface area contributed by atoms with Crippen LogP contribution in [0.1, 0.15) is 20.3 Å². The van der Waals surface area contributed by atoms with Gasteiger partial charge in [-0.3, -0.25) is 0 Å². The van der Waals surface area contributed by atoms with Crippen molar-refractivity contribution in [3.8, 4) is 0 Å². The molecule has 0 saturated heterocycles. The minimum absolute atomic E-state index is 0.00644. The zero-order valence-corrected chi connectivity index (χ0v) is 9.95. The van der Waals surface area contributed by atoms with Crippen LogP contribution < -0.4 is 10.5 Å². The van der Waals surface area contributed by atoms with Gasteiger partial charge in [-0.25, -0.2) is 4.72 Å². The molecule has 0 fully saturated rings. The van der Waals surface area contributed by atoms with Gasteiger partial charge in [0.15, 0.2) is 0 Å². The van der Waals surface area contributed by atoms with Gasteiger partial charge in [0.1, 0.15) is 5.84 Å². The number of nitrogens with two attached hydrogens (primary N) is 1. The molecule has 8 heteroatoms. The maximum atomic E-state index is 11.5. The second-order valence-corrected chi connectivity index (χ2v) is 5.08. The molecule has 0 unspecified atom stereocenters. The molecule has 0 saturated carbocycles. The van der Waals surface area contributed by atoms with Gasteiger partial charge in [-0.2, -0.15) is 12.7 Å². The predicted octanol–water partition coefficient (Wildman–Crippen LogP) is -0.702. The summed E-state index contributed by atoms with van der Waals surface area (Å²) in [4.78, 5) is 0. The molecule has 0 amide bonds. The summed E-state index contributed by atoms with van der Waals surface area (Å²) >= 11 is 0. The normalized spacial score (nSPS) is 13.8. The van der Waals surface area contributed by atoms with Gasteiger partial charge in [-0.15, -0.1) is 0 Å². The van der Waals surface area contributed by atoms with E-state index in [2.05, 4.69) is 9.88 Å². The minimum atomic E-state index is -3.47. The van der Waals surface area contributed by atoms with E-state index in [1.54, 1.807) is 13.8 Å². The lowest BCUT2D eigenvalue weighted by molar-refractivity contribution is 0.313. The molecule has 0 aliphatic carbocycles. The number of oxime groups is 1. The first-order valence-electron chi connectivity index (χ1n) is 4.51. The topological polar surface area (TPSA) is 108 Å². The predicted molar refractivity (Wildman–Crippen MR) is 57.8 cm³/mol. The van der Waals surface area contributed by atoms with Crippen molar-refractivity contribution in [3.63, 3.8) is 0 Å². The van der Waals surface area contributed by atoms with E-state index in [-0.39, 0.29) is 24.8 Å². The van der Waals surface area contributed by atoms with Crippen LogP contribution >= 0.6 is 0 Å². The van der Waals surface area contributed by atoms with Crippen molar-refractivity contribution in [2.45, 2.75) is 26.3 Å². The monoisotopic (exact) mass is 238 g/mol. The lowest BCUT2D eigenvalue weighted by atomic mass is 10.3. The first-order valence-corrected chi connectivity index (χ1v) is 5.96. The average Bonchev–Trinajstić information content (AvgIpc) is 2.16. The lowest BCUT2D eigenvalue weighted by Crippen LogP contribution is -2.44. The Bertz CT molecular complexity index is 312. The maximum absolute atomic E-state index is 11.5. The molecule has 0 aliphatic rings. The summed E-state index contributed by atoms with van der Waals surface area (Å²) < 4.78 is 26.5. The number of hydrogen-bond donors (Lipinski definition) is 3. The summed E-state index contributed by atoms with van der Waals surface area (Å²) in [5.41, 5.74) is 5.26. The van der Waals surface area contributed by atoms with E-state index >= 15 is 0 Å². The molecule has 4 N–H and O–H groups in total. The van der Waals surface area contributed by atoms with E-state index in [4.69, 9.17) is 10.9 Å². The van der Waals surface area contributed by atoms with Crippen LogP contribution in [-0.2, 0) is 10.2 Å². The summed E-state index contributed by atoms with van der Waals surface area (Å²) in [6.07, 6.45) is 0.190. The first kappa shape index (κ1) is 14.1. The summed E-state index contributed by atoms with van der Waals surface area (Å²) in [7, 11) is -2.13. The molecule has 0 bridgehead atoms. The van der Waals surface area contributed by atoms with Crippen molar-refractivity contribution >= 4 is 16.0 Å². The van der Waals surface area contributed by atoms with E-state index in [0.29, 0.717) is 0 Å². The highest BCUT2D eigenvalue weighted by Gasteiger charge is 2.22. The fourth-order valence-electron chi connectivity index (χ4n) is 1.05. The Labute approximate surface area is 90.1 Å². The standard InChI is InChI=1S/C7H18N4O3S/c1-6(2)11(15(13,14)9-3)5-4-7(8)10-12/h6,9,12H,4-5H2,1-3H3,(H2,8,10). The van der Waals surface area contributed by atoms with E-state index in [1.165, 1.54) is 11.4 Å². The van der Waals surface area contributed by atoms with Crippen LogP contribution in [0, 0.1) is 0 Å². The lowest BCUT2D eigenvalue weighted by Gasteiger charge is -2.24. The highest BCUT2D eigenvalue weighted by molar-refractivity contribution is 7.87. The zero-order valence-electron chi connectivity index (χ0n) is 9.14. The molecule has 0 aromatic heterocycles. The number of rotatable bonds is 6. The van der Waals surface area contributed by atoms with Crippen LogP contribution in [0.2, 0.25) is 0 Å². The van der Waals surface area contributed by atoms with Gasteiger partial charge in [-0.1, -0.05) is 5.16 Å². The maximum Gasteiger partial charge on any atom is 0.279 e. The molecule has 7 nitrogen and oxygen atoms in total. The minimum Gasteiger partial charge on any atom is -0.409 e. The molecule has 90 valence electrons. The van der Waals surface area contributed by atoms with E-state index in [0.717, 1.165) is 0 Å². The van der Waals surface area contributed by atoms with Crippen LogP contribution in [-0.4, -0.2) is 43.4 Å². The number of nitrogens with zero attached hydrogens (tertiary/aromatic N) is 2. The number of nitrogens with one attached hydrogen (secondary N) is 1. The molecule has 0 aromatic carbocycles. The SMILES string of the molecule is CNS(=O)(=O)N(CCC(N)=NO)C(C)C. The molecule has 0 rings (SSSR count). The van der Waals surface area contributed by atoms with Crippen LogP contribution in [0.3, 0.4) is 0 Å². The molecular formula is C7H18N4O3S. The van der Waals surface area contributed by atoms with E-state index < -0.39 is 10.2 Å². The summed E-state index contributed by atoms with van der Waals surface area (Å²) in [6, 6.07) is -0.186. The number of amidine groups is 1. The van der Waals surface area contributed by atoms with Gasteiger partial charge in [0.25, 0.3) is 10.2 Å². The number of hydrogen-bond acceptors (Lipinski definition) is 4. The molecule has 0 aliphatic heterocycles. The largest absolute Gasteiger partial charge is 0.409 e. The van der Waals surface area contributed by atoms with E-state index in [9.17, 15) is 8.42 Å². The second-order valence-electron chi connectivity index (χ2n) is 3.25. The molecule has 0 atom stereocenters. The third-order valence-electron chi connectivity index (χ3n) is 1.86. The molecule has 0 heterocycles. The quantitative estimate of drug-likeness (QED) is 0.246. The van der Waals surface area contributed by atoms with Gasteiger partial charge in [0.2, 0.25) is 0 Å². The van der Waals surface area contributed by atoms with Gasteiger partial charge < -0.3 is 10.9 Å². The van der Waals surface area contributed by atoms with Crippen LogP contribution in [0.5, 0.6) is 0 Å². The fraction of sp³-hybridized carbons (Fsp3) is 0.857. The smallest absolute Gasteiger partial charge is 0.279 e. The fourth-order valence-corrected chi connectivity index (χ4v) is 2.17. The summed E-state index contributed by atoms with van der Waals surface area (Å²) in [6.45, 7) is 3.68. The van der Waals surface area contributed by atoms with Gasteiger partial charge in [-0.05, 0) is 13.8 Å². The highest BCUT2D eigenvalue weighted by Crippen LogP contribution is 2.05. The Hall–Kier alpha value is -0.860. The van der Waals surface area contributed by atoms with Gasteiger partial charge >= 0.3 is 0 Å². The van der Waals surface area contributed by atoms with Crippen molar-refractivity contribution in [3.05, 3.63) is 0 Å². The Morgan fingerprint density at radius 3 is 2.47 bits per heavy atom. The Kier molecular flexibility index (Phi) is 5.55. The van der Waals surface area contributed by atoms with Gasteiger partial charge in [0.05, 0.1) is 0 Å². The van der Waals surface area contributed by atoms with E-state index in [1.807, 2.05) is 0 Å². The Morgan fingerprint density at radius 1 is 1.60 bits per heavy atom. The molecule has 15 heavy (non-hydrogen) atoms. The Balaban J connectivity index is 4.58. The van der Waals surface area contributed by atoms with Crippen molar-refractivity contribution < 1.29 is 13.6 Å². The van der Waals surface area contributed by atoms with Gasteiger partial charge in [0, 0.05) is 26.1 Å². The van der Waals surface area contributed by atoms with Crippen molar-refractivity contribution in [1.82, 2.24) is 9.03 Å². The highest BCUT2D eigenvalue weighted by atomic mass is 32.2. The Morgan fingerprint density at radius 2 is 2.13 bits per heavy atom. The average molecular weight is 238 g/mol. The molecule has 0 aromatic rings. The van der Waals surface area contributed by atoms with Crippen LogP contribution in [0.15, 0.2) is 5.16 Å². The van der Waals surface area contributed by atoms with Crippen LogP contribution in [0.25, 0.3) is 0 Å². The zero-order chi connectivity index (χ0) is 12.1. The summed E-state index contributed by atoms with van der Waals surface area (Å²) in [5.74, 6) is 0.00644. The second kappa shape index (κ2) is 5.89. The first-order chi connectivity index (χ1) is 6.85. The van der Waals surface area contributed by atoms with Crippen LogP contribution in [0.4, 0.5) is 0 Å².